The van der Waals surface area contributed by atoms with E-state index in [1.807, 2.05) is 0 Å². The van der Waals surface area contributed by atoms with E-state index in [-0.39, 0.29) is 57.3 Å². The minimum atomic E-state index is -4.02. The number of carbonyl (C=O) groups is 1. The summed E-state index contributed by atoms with van der Waals surface area (Å²) in [6, 6.07) is 14.9. The lowest BCUT2D eigenvalue weighted by molar-refractivity contribution is 0.0500. The molecule has 0 bridgehead atoms. The zero-order chi connectivity index (χ0) is 40.0. The van der Waals surface area contributed by atoms with E-state index in [4.69, 9.17) is 21.1 Å². The van der Waals surface area contributed by atoms with Crippen molar-refractivity contribution in [3.8, 4) is 11.4 Å². The van der Waals surface area contributed by atoms with Crippen LogP contribution in [0, 0.1) is 17.5 Å². The molecule has 1 N–H and O–H groups in total. The van der Waals surface area contributed by atoms with Gasteiger partial charge in [0.1, 0.15) is 40.0 Å². The van der Waals surface area contributed by atoms with E-state index >= 15 is 4.39 Å². The highest BCUT2D eigenvalue weighted by atomic mass is 35.5. The Bertz CT molecular complexity index is 2610. The van der Waals surface area contributed by atoms with Crippen LogP contribution in [0.25, 0.3) is 27.5 Å². The fourth-order valence-corrected chi connectivity index (χ4v) is 7.30. The number of amides is 1. The second kappa shape index (κ2) is 14.9. The van der Waals surface area contributed by atoms with E-state index in [9.17, 15) is 26.8 Å². The first-order valence-electron chi connectivity index (χ1n) is 16.8. The van der Waals surface area contributed by atoms with Gasteiger partial charge in [-0.25, -0.2) is 35.7 Å². The number of anilines is 1. The molecule has 2 aromatic heterocycles. The van der Waals surface area contributed by atoms with Crippen LogP contribution in [0.3, 0.4) is 0 Å². The molecule has 17 heteroatoms. The quantitative estimate of drug-likeness (QED) is 0.155. The number of benzene rings is 4. The van der Waals surface area contributed by atoms with Gasteiger partial charge >= 0.3 is 6.09 Å². The summed E-state index contributed by atoms with van der Waals surface area (Å²) < 4.78 is 85.4. The first kappa shape index (κ1) is 39.1. The molecular formula is C38H36ClF3N6O6S. The van der Waals surface area contributed by atoms with E-state index in [1.54, 1.807) is 45.0 Å². The SMILES string of the molecule is COc1ccc(CN(c2nn(C)c3c(-n4c(C(Cc5cc(F)cc(F)c5)NC(=O)OC(C)(C)C)nc5cccc(F)c5c4=O)ccc(Cl)c23)S(C)(=O)=O)cc1. The number of alkyl carbamates (subject to hydrolysis) is 1. The monoisotopic (exact) mass is 796 g/mol. The molecule has 6 aromatic rings. The zero-order valence-electron chi connectivity index (χ0n) is 30.5. The van der Waals surface area contributed by atoms with Crippen molar-refractivity contribution in [2.75, 3.05) is 17.7 Å². The number of nitrogens with one attached hydrogen (secondary N) is 1. The molecule has 0 radical (unpaired) electrons. The van der Waals surface area contributed by atoms with Crippen molar-refractivity contribution in [1.29, 1.82) is 0 Å². The van der Waals surface area contributed by atoms with Gasteiger partial charge in [0.2, 0.25) is 10.0 Å². The van der Waals surface area contributed by atoms with E-state index in [1.165, 1.54) is 43.1 Å². The molecular weight excluding hydrogens is 761 g/mol. The third-order valence-electron chi connectivity index (χ3n) is 8.50. The maximum Gasteiger partial charge on any atom is 0.408 e. The predicted octanol–water partition coefficient (Wildman–Crippen LogP) is 7.13. The summed E-state index contributed by atoms with van der Waals surface area (Å²) in [5.41, 5.74) is -1.11. The number of aryl methyl sites for hydroxylation is 1. The van der Waals surface area contributed by atoms with Crippen LogP contribution in [0.4, 0.5) is 23.8 Å². The van der Waals surface area contributed by atoms with Crippen LogP contribution < -0.4 is 19.9 Å². The molecule has 0 aliphatic carbocycles. The molecule has 2 heterocycles. The number of halogens is 4. The standard InChI is InChI=1S/C38H36ClF3N6O6S/c1-38(2,3)54-37(50)44-29(18-22-16-23(40)19-24(41)17-22)34-43-28-9-7-8-27(42)32(28)36(49)48(34)30-15-14-26(39)31-33(30)46(4)45-35(31)47(55(6,51)52)20-21-10-12-25(53-5)13-11-21/h7-17,19,29H,18,20H2,1-6H3,(H,44,50). The normalized spacial score (nSPS) is 12.5. The van der Waals surface area contributed by atoms with E-state index in [0.29, 0.717) is 17.4 Å². The van der Waals surface area contributed by atoms with E-state index in [0.717, 1.165) is 33.3 Å². The van der Waals surface area contributed by atoms with Crippen LogP contribution >= 0.6 is 11.6 Å². The molecule has 55 heavy (non-hydrogen) atoms. The molecule has 0 aliphatic rings. The molecule has 0 saturated heterocycles. The van der Waals surface area contributed by atoms with Crippen LogP contribution in [0.15, 0.2) is 77.6 Å². The Labute approximate surface area is 319 Å². The molecule has 1 atom stereocenters. The molecule has 288 valence electrons. The highest BCUT2D eigenvalue weighted by Gasteiger charge is 2.31. The third kappa shape index (κ3) is 8.24. The topological polar surface area (TPSA) is 138 Å². The number of methoxy groups -OCH3 is 1. The second-order valence-electron chi connectivity index (χ2n) is 13.8. The number of sulfonamides is 1. The Morgan fingerprint density at radius 1 is 0.982 bits per heavy atom. The molecule has 12 nitrogen and oxygen atoms in total. The van der Waals surface area contributed by atoms with Crippen LogP contribution in [0.5, 0.6) is 5.75 Å². The minimum Gasteiger partial charge on any atom is -0.497 e. The average Bonchev–Trinajstić information content (AvgIpc) is 3.43. The number of ether oxygens (including phenoxy) is 2. The van der Waals surface area contributed by atoms with E-state index < -0.39 is 56.2 Å². The number of fused-ring (bicyclic) bond motifs is 2. The summed E-state index contributed by atoms with van der Waals surface area (Å²) in [5.74, 6) is -2.35. The van der Waals surface area contributed by atoms with Gasteiger partial charge < -0.3 is 14.8 Å². The second-order valence-corrected chi connectivity index (χ2v) is 16.1. The Morgan fingerprint density at radius 2 is 1.65 bits per heavy atom. The Morgan fingerprint density at radius 3 is 2.27 bits per heavy atom. The highest BCUT2D eigenvalue weighted by Crippen LogP contribution is 2.38. The summed E-state index contributed by atoms with van der Waals surface area (Å²) in [6.07, 6.45) is -0.241. The Hall–Kier alpha value is -5.61. The van der Waals surface area contributed by atoms with Gasteiger partial charge in [0.25, 0.3) is 5.56 Å². The number of carbonyl (C=O) groups excluding carboxylic acids is 1. The van der Waals surface area contributed by atoms with Crippen molar-refractivity contribution in [3.63, 3.8) is 0 Å². The zero-order valence-corrected chi connectivity index (χ0v) is 32.1. The molecule has 1 unspecified atom stereocenters. The van der Waals surface area contributed by atoms with Crippen LogP contribution in [-0.4, -0.2) is 52.8 Å². The van der Waals surface area contributed by atoms with E-state index in [2.05, 4.69) is 15.4 Å². The van der Waals surface area contributed by atoms with Gasteiger partial charge in [0, 0.05) is 19.5 Å². The number of hydrogen-bond acceptors (Lipinski definition) is 8. The molecule has 0 fully saturated rings. The summed E-state index contributed by atoms with van der Waals surface area (Å²) in [5, 5.41) is 7.03. The van der Waals surface area contributed by atoms with Gasteiger partial charge in [-0.2, -0.15) is 5.10 Å². The van der Waals surface area contributed by atoms with Crippen LogP contribution in [0.2, 0.25) is 5.02 Å². The number of hydrogen-bond donors (Lipinski definition) is 1. The summed E-state index contributed by atoms with van der Waals surface area (Å²) in [6.45, 7) is 4.75. The van der Waals surface area contributed by atoms with Gasteiger partial charge in [0.05, 0.1) is 53.1 Å². The van der Waals surface area contributed by atoms with Crippen LogP contribution in [-0.2, 0) is 34.8 Å². The molecule has 6 rings (SSSR count). The maximum absolute atomic E-state index is 15.5. The number of nitrogens with zero attached hydrogens (tertiary/aromatic N) is 5. The summed E-state index contributed by atoms with van der Waals surface area (Å²) in [4.78, 5) is 32.6. The van der Waals surface area contributed by atoms with Crippen molar-refractivity contribution < 1.29 is 35.9 Å². The first-order valence-corrected chi connectivity index (χ1v) is 19.0. The third-order valence-corrected chi connectivity index (χ3v) is 9.92. The summed E-state index contributed by atoms with van der Waals surface area (Å²) in [7, 11) is -1.01. The van der Waals surface area contributed by atoms with Gasteiger partial charge in [-0.1, -0.05) is 29.8 Å². The van der Waals surface area contributed by atoms with Crippen molar-refractivity contribution in [3.05, 3.63) is 123 Å². The summed E-state index contributed by atoms with van der Waals surface area (Å²) >= 11 is 6.80. The lowest BCUT2D eigenvalue weighted by Crippen LogP contribution is -2.39. The molecule has 0 aliphatic heterocycles. The van der Waals surface area contributed by atoms with Crippen LogP contribution in [0.1, 0.15) is 43.8 Å². The van der Waals surface area contributed by atoms with Crippen molar-refractivity contribution in [1.82, 2.24) is 24.6 Å². The van der Waals surface area contributed by atoms with Crippen molar-refractivity contribution in [2.24, 2.45) is 7.05 Å². The first-order chi connectivity index (χ1) is 25.8. The lowest BCUT2D eigenvalue weighted by Gasteiger charge is -2.26. The fourth-order valence-electron chi connectivity index (χ4n) is 6.23. The van der Waals surface area contributed by atoms with Gasteiger partial charge in [-0.05, 0) is 80.4 Å². The van der Waals surface area contributed by atoms with Gasteiger partial charge in [0.15, 0.2) is 5.82 Å². The lowest BCUT2D eigenvalue weighted by atomic mass is 10.0. The number of aromatic nitrogens is 4. The van der Waals surface area contributed by atoms with Gasteiger partial charge in [-0.15, -0.1) is 0 Å². The smallest absolute Gasteiger partial charge is 0.408 e. The van der Waals surface area contributed by atoms with Crippen molar-refractivity contribution in [2.45, 2.75) is 45.4 Å². The molecule has 4 aromatic carbocycles. The maximum atomic E-state index is 15.5. The average molecular weight is 797 g/mol. The van der Waals surface area contributed by atoms with Gasteiger partial charge in [-0.3, -0.25) is 14.0 Å². The van der Waals surface area contributed by atoms with Crippen molar-refractivity contribution >= 4 is 55.3 Å². The number of rotatable bonds is 10. The Kier molecular flexibility index (Phi) is 10.6. The molecule has 0 spiro atoms. The fraction of sp³-hybridized carbons (Fsp3) is 0.263. The Balaban J connectivity index is 1.63. The minimum absolute atomic E-state index is 0.0256. The highest BCUT2D eigenvalue weighted by molar-refractivity contribution is 7.92. The largest absolute Gasteiger partial charge is 0.497 e. The molecule has 0 saturated carbocycles. The predicted molar refractivity (Wildman–Crippen MR) is 203 cm³/mol. The molecule has 1 amide bonds.